The third-order valence-corrected chi connectivity index (χ3v) is 2.84. The first-order valence-corrected chi connectivity index (χ1v) is 6.47. The van der Waals surface area contributed by atoms with Crippen LogP contribution < -0.4 is 10.2 Å². The molecule has 0 bridgehead atoms. The molecule has 106 valence electrons. The fourth-order valence-corrected chi connectivity index (χ4v) is 1.87. The molecule has 2 aromatic rings. The maximum absolute atomic E-state index is 13.1. The number of amides is 2. The third kappa shape index (κ3) is 4.05. The minimum Gasteiger partial charge on any atom is -0.307 e. The highest BCUT2D eigenvalue weighted by atomic mass is 19.1. The molecule has 4 nitrogen and oxygen atoms in total. The molecule has 0 heterocycles. The Kier molecular flexibility index (Phi) is 4.89. The lowest BCUT2D eigenvalue weighted by atomic mass is 10.2. The monoisotopic (exact) mass is 283 g/mol. The second kappa shape index (κ2) is 7.06. The minimum absolute atomic E-state index is 0.214. The van der Waals surface area contributed by atoms with Gasteiger partial charge in [0.1, 0.15) is 5.82 Å². The summed E-state index contributed by atoms with van der Waals surface area (Å²) in [7, 11) is 0. The summed E-state index contributed by atoms with van der Waals surface area (Å²) in [5, 5.41) is 11.3. The summed E-state index contributed by atoms with van der Waals surface area (Å²) in [5.74, 6) is -0.420. The van der Waals surface area contributed by atoms with Crippen LogP contribution in [0.25, 0.3) is 0 Å². The van der Waals surface area contributed by atoms with Gasteiger partial charge in [-0.3, -0.25) is 4.90 Å². The molecule has 2 amide bonds. The number of nitrogens with one attached hydrogen (secondary N) is 1. The van der Waals surface area contributed by atoms with Crippen molar-refractivity contribution < 1.29 is 9.18 Å². The number of nitriles is 1. The Labute approximate surface area is 122 Å². The van der Waals surface area contributed by atoms with E-state index in [1.54, 1.807) is 18.2 Å². The van der Waals surface area contributed by atoms with E-state index in [4.69, 9.17) is 5.26 Å². The molecule has 0 radical (unpaired) electrons. The Bertz CT molecular complexity index is 652. The van der Waals surface area contributed by atoms with Gasteiger partial charge in [0.2, 0.25) is 0 Å². The summed E-state index contributed by atoms with van der Waals surface area (Å²) in [6.07, 6.45) is 0.214. The van der Waals surface area contributed by atoms with Crippen LogP contribution in [0.5, 0.6) is 0 Å². The maximum atomic E-state index is 13.1. The van der Waals surface area contributed by atoms with Gasteiger partial charge in [0.05, 0.1) is 12.5 Å². The number of carbonyl (C=O) groups is 1. The Hall–Kier alpha value is -2.87. The first kappa shape index (κ1) is 14.5. The molecule has 0 saturated heterocycles. The Morgan fingerprint density at radius 2 is 1.95 bits per heavy atom. The molecule has 0 aromatic heterocycles. The molecule has 0 atom stereocenters. The van der Waals surface area contributed by atoms with Crippen LogP contribution in [-0.4, -0.2) is 12.6 Å². The predicted molar refractivity (Wildman–Crippen MR) is 79.4 cm³/mol. The molecule has 0 aliphatic rings. The zero-order chi connectivity index (χ0) is 15.1. The summed E-state index contributed by atoms with van der Waals surface area (Å²) in [5.41, 5.74) is 1.06. The minimum atomic E-state index is -0.420. The first-order valence-electron chi connectivity index (χ1n) is 6.47. The number of para-hydroxylation sites is 1. The summed E-state index contributed by atoms with van der Waals surface area (Å²) < 4.78 is 13.1. The molecule has 0 aliphatic heterocycles. The van der Waals surface area contributed by atoms with Gasteiger partial charge >= 0.3 is 6.03 Å². The van der Waals surface area contributed by atoms with Crippen molar-refractivity contribution >= 4 is 17.4 Å². The van der Waals surface area contributed by atoms with E-state index in [1.807, 2.05) is 24.3 Å². The zero-order valence-electron chi connectivity index (χ0n) is 11.3. The average molecular weight is 283 g/mol. The molecule has 2 aromatic carbocycles. The number of benzene rings is 2. The highest BCUT2D eigenvalue weighted by Gasteiger charge is 2.15. The van der Waals surface area contributed by atoms with E-state index in [0.717, 1.165) is 0 Å². The van der Waals surface area contributed by atoms with Crippen molar-refractivity contribution in [1.82, 2.24) is 0 Å². The summed E-state index contributed by atoms with van der Waals surface area (Å²) >= 11 is 0. The van der Waals surface area contributed by atoms with E-state index in [9.17, 15) is 9.18 Å². The average Bonchev–Trinajstić information content (AvgIpc) is 2.49. The molecule has 5 heteroatoms. The van der Waals surface area contributed by atoms with Crippen LogP contribution in [0.2, 0.25) is 0 Å². The Balaban J connectivity index is 2.17. The Morgan fingerprint density at radius 3 is 2.62 bits per heavy atom. The number of carbonyl (C=O) groups excluding carboxylic acids is 1. The summed E-state index contributed by atoms with van der Waals surface area (Å²) in [4.78, 5) is 13.8. The van der Waals surface area contributed by atoms with Crippen LogP contribution in [0.1, 0.15) is 6.42 Å². The van der Waals surface area contributed by atoms with Crippen LogP contribution in [0.15, 0.2) is 54.6 Å². The van der Waals surface area contributed by atoms with Crippen molar-refractivity contribution in [2.75, 3.05) is 16.8 Å². The number of nitrogens with zero attached hydrogens (tertiary/aromatic N) is 2. The van der Waals surface area contributed by atoms with Gasteiger partial charge in [0, 0.05) is 17.9 Å². The molecular weight excluding hydrogens is 269 g/mol. The van der Waals surface area contributed by atoms with Crippen molar-refractivity contribution in [3.8, 4) is 6.07 Å². The van der Waals surface area contributed by atoms with Gasteiger partial charge in [0.15, 0.2) is 0 Å². The molecule has 0 unspecified atom stereocenters. The number of anilines is 2. The molecule has 1 N–H and O–H groups in total. The quantitative estimate of drug-likeness (QED) is 0.928. The van der Waals surface area contributed by atoms with E-state index in [-0.39, 0.29) is 13.0 Å². The van der Waals surface area contributed by atoms with E-state index in [2.05, 4.69) is 5.32 Å². The normalized spacial score (nSPS) is 9.71. The van der Waals surface area contributed by atoms with Gasteiger partial charge in [-0.15, -0.1) is 0 Å². The number of hydrogen-bond acceptors (Lipinski definition) is 2. The van der Waals surface area contributed by atoms with Gasteiger partial charge in [-0.05, 0) is 30.3 Å². The lowest BCUT2D eigenvalue weighted by molar-refractivity contribution is 0.257. The largest absolute Gasteiger partial charge is 0.326 e. The first-order chi connectivity index (χ1) is 10.2. The molecule has 2 rings (SSSR count). The lowest BCUT2D eigenvalue weighted by Crippen LogP contribution is -2.35. The van der Waals surface area contributed by atoms with E-state index in [0.29, 0.717) is 11.4 Å². The maximum Gasteiger partial charge on any atom is 0.326 e. The second-order valence-electron chi connectivity index (χ2n) is 4.34. The fraction of sp³-hybridized carbons (Fsp3) is 0.125. The molecule has 0 aliphatic carbocycles. The van der Waals surface area contributed by atoms with Crippen LogP contribution >= 0.6 is 0 Å². The number of hydrogen-bond donors (Lipinski definition) is 1. The van der Waals surface area contributed by atoms with E-state index < -0.39 is 11.8 Å². The van der Waals surface area contributed by atoms with Crippen molar-refractivity contribution in [2.45, 2.75) is 6.42 Å². The number of urea groups is 1. The van der Waals surface area contributed by atoms with Gasteiger partial charge in [-0.1, -0.05) is 24.3 Å². The second-order valence-corrected chi connectivity index (χ2v) is 4.34. The van der Waals surface area contributed by atoms with Gasteiger partial charge in [-0.25, -0.2) is 9.18 Å². The number of halogens is 1. The predicted octanol–water partition coefficient (Wildman–Crippen LogP) is 3.78. The molecule has 0 fully saturated rings. The van der Waals surface area contributed by atoms with Crippen LogP contribution in [0, 0.1) is 17.1 Å². The van der Waals surface area contributed by atoms with Crippen molar-refractivity contribution in [3.63, 3.8) is 0 Å². The Morgan fingerprint density at radius 1 is 1.19 bits per heavy atom. The fourth-order valence-electron chi connectivity index (χ4n) is 1.87. The van der Waals surface area contributed by atoms with Crippen LogP contribution in [0.3, 0.4) is 0 Å². The summed E-state index contributed by atoms with van der Waals surface area (Å²) in [6.45, 7) is 0.266. The highest BCUT2D eigenvalue weighted by molar-refractivity contribution is 6.01. The highest BCUT2D eigenvalue weighted by Crippen LogP contribution is 2.16. The van der Waals surface area contributed by atoms with Crippen LogP contribution in [0.4, 0.5) is 20.6 Å². The summed E-state index contributed by atoms with van der Waals surface area (Å²) in [6, 6.07) is 16.3. The van der Waals surface area contributed by atoms with Crippen molar-refractivity contribution in [2.24, 2.45) is 0 Å². The zero-order valence-corrected chi connectivity index (χ0v) is 11.3. The van der Waals surface area contributed by atoms with Crippen molar-refractivity contribution in [1.29, 1.82) is 5.26 Å². The molecule has 21 heavy (non-hydrogen) atoms. The lowest BCUT2D eigenvalue weighted by Gasteiger charge is -2.22. The standard InChI is InChI=1S/C16H14FN3O/c17-13-6-4-7-14(12-13)19-16(21)20(11-5-10-18)15-8-2-1-3-9-15/h1-4,6-9,12H,5,11H2,(H,19,21). The van der Waals surface area contributed by atoms with Gasteiger partial charge in [0.25, 0.3) is 0 Å². The van der Waals surface area contributed by atoms with E-state index in [1.165, 1.54) is 23.1 Å². The third-order valence-electron chi connectivity index (χ3n) is 2.84. The molecular formula is C16H14FN3O. The van der Waals surface area contributed by atoms with Gasteiger partial charge < -0.3 is 5.32 Å². The number of rotatable bonds is 4. The van der Waals surface area contributed by atoms with E-state index >= 15 is 0 Å². The molecule has 0 saturated carbocycles. The molecule has 0 spiro atoms. The van der Waals surface area contributed by atoms with Crippen molar-refractivity contribution in [3.05, 3.63) is 60.4 Å². The van der Waals surface area contributed by atoms with Crippen LogP contribution in [-0.2, 0) is 0 Å². The van der Waals surface area contributed by atoms with Gasteiger partial charge in [-0.2, -0.15) is 5.26 Å². The smallest absolute Gasteiger partial charge is 0.307 e. The SMILES string of the molecule is N#CCCN(C(=O)Nc1cccc(F)c1)c1ccccc1. The topological polar surface area (TPSA) is 56.1 Å².